The molecule has 148 valence electrons. The van der Waals surface area contributed by atoms with E-state index in [0.717, 1.165) is 29.2 Å². The lowest BCUT2D eigenvalue weighted by Gasteiger charge is -2.27. The zero-order valence-electron chi connectivity index (χ0n) is 15.9. The number of carbonyl (C=O) groups excluding carboxylic acids is 1. The molecule has 1 saturated heterocycles. The van der Waals surface area contributed by atoms with Crippen LogP contribution in [0.15, 0.2) is 53.3 Å². The number of nitrogens with one attached hydrogen (secondary N) is 1. The van der Waals surface area contributed by atoms with Gasteiger partial charge in [0.1, 0.15) is 5.69 Å². The van der Waals surface area contributed by atoms with E-state index in [1.54, 1.807) is 6.07 Å². The molecule has 1 fully saturated rings. The van der Waals surface area contributed by atoms with Gasteiger partial charge in [-0.3, -0.25) is 9.59 Å². The normalized spacial score (nSPS) is 13.9. The molecule has 3 heterocycles. The lowest BCUT2D eigenvalue weighted by Crippen LogP contribution is -2.36. The van der Waals surface area contributed by atoms with Gasteiger partial charge in [-0.05, 0) is 30.3 Å². The van der Waals surface area contributed by atoms with Crippen molar-refractivity contribution in [3.05, 3.63) is 64.6 Å². The first-order valence-electron chi connectivity index (χ1n) is 9.23. The first-order chi connectivity index (χ1) is 14.1. The van der Waals surface area contributed by atoms with Crippen LogP contribution in [0, 0.1) is 0 Å². The van der Waals surface area contributed by atoms with Crippen molar-refractivity contribution in [1.82, 2.24) is 20.0 Å². The van der Waals surface area contributed by atoms with Gasteiger partial charge in [-0.25, -0.2) is 4.68 Å². The molecule has 1 aromatic carbocycles. The van der Waals surface area contributed by atoms with Crippen LogP contribution < -0.4 is 15.8 Å². The van der Waals surface area contributed by atoms with Crippen molar-refractivity contribution >= 4 is 17.4 Å². The zero-order chi connectivity index (χ0) is 20.2. The summed E-state index contributed by atoms with van der Waals surface area (Å²) >= 11 is 0. The molecule has 1 N–H and O–H groups in total. The van der Waals surface area contributed by atoms with Crippen LogP contribution in [0.2, 0.25) is 0 Å². The molecule has 3 aromatic rings. The number of rotatable bonds is 4. The summed E-state index contributed by atoms with van der Waals surface area (Å²) in [6.45, 7) is 2.98. The fourth-order valence-corrected chi connectivity index (χ4v) is 3.02. The number of benzene rings is 1. The number of nitrogens with zero attached hydrogens (tertiary/aromatic N) is 5. The average molecular weight is 392 g/mol. The third-order valence-electron chi connectivity index (χ3n) is 4.59. The highest BCUT2D eigenvalue weighted by Crippen LogP contribution is 2.22. The summed E-state index contributed by atoms with van der Waals surface area (Å²) < 4.78 is 6.48. The second kappa shape index (κ2) is 8.19. The smallest absolute Gasteiger partial charge is 0.276 e. The van der Waals surface area contributed by atoms with E-state index in [4.69, 9.17) is 4.74 Å². The minimum Gasteiger partial charge on any atom is -0.378 e. The van der Waals surface area contributed by atoms with Gasteiger partial charge in [-0.2, -0.15) is 5.10 Å². The number of aryl methyl sites for hydroxylation is 1. The minimum absolute atomic E-state index is 0.159. The monoisotopic (exact) mass is 392 g/mol. The number of hydrogen-bond donors (Lipinski definition) is 1. The number of anilines is 2. The third kappa shape index (κ3) is 4.30. The maximum Gasteiger partial charge on any atom is 0.276 e. The molecule has 9 nitrogen and oxygen atoms in total. The molecule has 1 amide bonds. The Morgan fingerprint density at radius 3 is 2.62 bits per heavy atom. The summed E-state index contributed by atoms with van der Waals surface area (Å²) in [6.07, 6.45) is 0. The Balaban J connectivity index is 1.50. The maximum absolute atomic E-state index is 12.4. The molecule has 0 bridgehead atoms. The van der Waals surface area contributed by atoms with Gasteiger partial charge in [0.25, 0.3) is 11.5 Å². The Morgan fingerprint density at radius 2 is 1.90 bits per heavy atom. The van der Waals surface area contributed by atoms with Crippen molar-refractivity contribution in [2.45, 2.75) is 0 Å². The van der Waals surface area contributed by atoms with E-state index in [0.29, 0.717) is 24.6 Å². The third-order valence-corrected chi connectivity index (χ3v) is 4.59. The highest BCUT2D eigenvalue weighted by molar-refractivity contribution is 6.03. The van der Waals surface area contributed by atoms with Crippen LogP contribution >= 0.6 is 0 Å². The summed E-state index contributed by atoms with van der Waals surface area (Å²) in [4.78, 5) is 26.0. The lowest BCUT2D eigenvalue weighted by atomic mass is 10.1. The molecule has 1 aliphatic rings. The van der Waals surface area contributed by atoms with Crippen LogP contribution in [0.5, 0.6) is 0 Å². The molecule has 0 radical (unpaired) electrons. The molecule has 9 heteroatoms. The van der Waals surface area contributed by atoms with Crippen molar-refractivity contribution in [2.24, 2.45) is 7.05 Å². The van der Waals surface area contributed by atoms with Crippen LogP contribution in [-0.4, -0.2) is 52.2 Å². The van der Waals surface area contributed by atoms with E-state index in [9.17, 15) is 9.59 Å². The minimum atomic E-state index is -0.397. The first kappa shape index (κ1) is 18.8. The van der Waals surface area contributed by atoms with Crippen LogP contribution in [0.1, 0.15) is 10.5 Å². The molecule has 0 saturated carbocycles. The summed E-state index contributed by atoms with van der Waals surface area (Å²) in [5.41, 5.74) is 2.02. The second-order valence-corrected chi connectivity index (χ2v) is 6.59. The average Bonchev–Trinajstić information content (AvgIpc) is 2.76. The van der Waals surface area contributed by atoms with Gasteiger partial charge in [0.2, 0.25) is 0 Å². The molecule has 0 atom stereocenters. The van der Waals surface area contributed by atoms with Crippen molar-refractivity contribution in [2.75, 3.05) is 36.5 Å². The Kier molecular flexibility index (Phi) is 5.30. The van der Waals surface area contributed by atoms with E-state index in [1.165, 1.54) is 19.2 Å². The molecule has 0 unspecified atom stereocenters. The molecule has 29 heavy (non-hydrogen) atoms. The predicted octanol–water partition coefficient (Wildman–Crippen LogP) is 1.33. The maximum atomic E-state index is 12.4. The summed E-state index contributed by atoms with van der Waals surface area (Å²) in [6, 6.07) is 13.9. The van der Waals surface area contributed by atoms with Crippen molar-refractivity contribution in [3.63, 3.8) is 0 Å². The van der Waals surface area contributed by atoms with Gasteiger partial charge < -0.3 is 15.0 Å². The number of aromatic nitrogens is 4. The molecule has 2 aromatic heterocycles. The van der Waals surface area contributed by atoms with Gasteiger partial charge in [0, 0.05) is 37.5 Å². The highest BCUT2D eigenvalue weighted by Gasteiger charge is 2.14. The molecule has 4 rings (SSSR count). The topological polar surface area (TPSA) is 102 Å². The van der Waals surface area contributed by atoms with Crippen LogP contribution in [0.3, 0.4) is 0 Å². The summed E-state index contributed by atoms with van der Waals surface area (Å²) in [7, 11) is 1.50. The van der Waals surface area contributed by atoms with Crippen molar-refractivity contribution in [3.8, 4) is 11.3 Å². The largest absolute Gasteiger partial charge is 0.378 e. The number of morpholine rings is 1. The van der Waals surface area contributed by atoms with E-state index in [1.807, 2.05) is 30.3 Å². The van der Waals surface area contributed by atoms with Gasteiger partial charge in [-0.1, -0.05) is 12.1 Å². The highest BCUT2D eigenvalue weighted by atomic mass is 16.5. The van der Waals surface area contributed by atoms with Crippen LogP contribution in [0.25, 0.3) is 11.3 Å². The van der Waals surface area contributed by atoms with Crippen molar-refractivity contribution in [1.29, 1.82) is 0 Å². The number of amides is 1. The van der Waals surface area contributed by atoms with Crippen LogP contribution in [0.4, 0.5) is 11.5 Å². The zero-order valence-corrected chi connectivity index (χ0v) is 15.9. The lowest BCUT2D eigenvalue weighted by molar-refractivity contribution is 0.102. The Morgan fingerprint density at radius 1 is 1.07 bits per heavy atom. The number of carbonyl (C=O) groups is 1. The Bertz CT molecular complexity index is 1070. The van der Waals surface area contributed by atoms with Crippen LogP contribution in [-0.2, 0) is 11.8 Å². The van der Waals surface area contributed by atoms with E-state index in [2.05, 4.69) is 25.5 Å². The van der Waals surface area contributed by atoms with E-state index in [-0.39, 0.29) is 11.3 Å². The molecule has 1 aliphatic heterocycles. The van der Waals surface area contributed by atoms with Gasteiger partial charge in [-0.15, -0.1) is 10.2 Å². The number of ether oxygens (including phenoxy) is 1. The molecular formula is C20H20N6O3. The van der Waals surface area contributed by atoms with E-state index >= 15 is 0 Å². The standard InChI is InChI=1S/C20H20N6O3/c1-25-19(27)8-6-17(24-25)20(28)21-15-4-2-3-14(13-15)16-5-7-18(23-22-16)26-9-11-29-12-10-26/h2-8,13H,9-12H2,1H3,(H,21,28). The molecule has 0 spiro atoms. The van der Waals surface area contributed by atoms with Gasteiger partial charge in [0.05, 0.1) is 18.9 Å². The SMILES string of the molecule is Cn1nc(C(=O)Nc2cccc(-c3ccc(N4CCOCC4)nn3)c2)ccc1=O. The Labute approximate surface area is 167 Å². The predicted molar refractivity (Wildman–Crippen MR) is 108 cm³/mol. The molecular weight excluding hydrogens is 372 g/mol. The van der Waals surface area contributed by atoms with Gasteiger partial charge in [0.15, 0.2) is 5.82 Å². The number of hydrogen-bond acceptors (Lipinski definition) is 7. The fourth-order valence-electron chi connectivity index (χ4n) is 3.02. The van der Waals surface area contributed by atoms with Gasteiger partial charge >= 0.3 is 0 Å². The molecule has 0 aliphatic carbocycles. The summed E-state index contributed by atoms with van der Waals surface area (Å²) in [5.74, 6) is 0.425. The first-order valence-corrected chi connectivity index (χ1v) is 9.23. The Hall–Kier alpha value is -3.59. The quantitative estimate of drug-likeness (QED) is 0.714. The summed E-state index contributed by atoms with van der Waals surface area (Å²) in [5, 5.41) is 15.4. The second-order valence-electron chi connectivity index (χ2n) is 6.59. The fraction of sp³-hybridized carbons (Fsp3) is 0.250. The van der Waals surface area contributed by atoms with Crippen molar-refractivity contribution < 1.29 is 9.53 Å². The van der Waals surface area contributed by atoms with E-state index < -0.39 is 5.91 Å².